The molecule has 1 heterocycles. The number of carbonyl (C=O) groups excluding carboxylic acids is 1. The van der Waals surface area contributed by atoms with Crippen molar-refractivity contribution in [1.29, 1.82) is 0 Å². The van der Waals surface area contributed by atoms with Crippen molar-refractivity contribution < 1.29 is 19.4 Å². The standard InChI is InChI=1S/C12H21NO4/c1-12(2,3)9(7-10(14)15)13-11(16)8-5-4-6-17-8/h8-9H,4-7H2,1-3H3,(H,13,16)(H,14,15). The first-order valence-electron chi connectivity index (χ1n) is 5.94. The van der Waals surface area contributed by atoms with Crippen LogP contribution in [0.25, 0.3) is 0 Å². The van der Waals surface area contributed by atoms with E-state index in [-0.39, 0.29) is 23.8 Å². The summed E-state index contributed by atoms with van der Waals surface area (Å²) in [5.74, 6) is -1.10. The number of ether oxygens (including phenoxy) is 1. The van der Waals surface area contributed by atoms with Crippen LogP contribution in [0.1, 0.15) is 40.0 Å². The van der Waals surface area contributed by atoms with E-state index in [9.17, 15) is 9.59 Å². The number of nitrogens with one attached hydrogen (secondary N) is 1. The first-order chi connectivity index (χ1) is 7.80. The van der Waals surface area contributed by atoms with Crippen LogP contribution in [-0.4, -0.2) is 35.7 Å². The minimum Gasteiger partial charge on any atom is -0.481 e. The van der Waals surface area contributed by atoms with E-state index >= 15 is 0 Å². The second-order valence-electron chi connectivity index (χ2n) is 5.53. The molecule has 1 rings (SSSR count). The van der Waals surface area contributed by atoms with Crippen LogP contribution in [0, 0.1) is 5.41 Å². The van der Waals surface area contributed by atoms with Crippen molar-refractivity contribution in [2.45, 2.75) is 52.2 Å². The molecule has 98 valence electrons. The molecular weight excluding hydrogens is 222 g/mol. The number of carboxylic acid groups (broad SMARTS) is 1. The second kappa shape index (κ2) is 5.49. The summed E-state index contributed by atoms with van der Waals surface area (Å²) in [6, 6.07) is -0.378. The molecule has 0 aromatic carbocycles. The van der Waals surface area contributed by atoms with Gasteiger partial charge in [-0.3, -0.25) is 9.59 Å². The lowest BCUT2D eigenvalue weighted by Gasteiger charge is -2.31. The number of rotatable bonds is 4. The van der Waals surface area contributed by atoms with E-state index in [4.69, 9.17) is 9.84 Å². The van der Waals surface area contributed by atoms with Crippen LogP contribution in [0.2, 0.25) is 0 Å². The summed E-state index contributed by atoms with van der Waals surface area (Å²) in [4.78, 5) is 22.6. The highest BCUT2D eigenvalue weighted by Crippen LogP contribution is 2.23. The Kier molecular flexibility index (Phi) is 4.51. The summed E-state index contributed by atoms with van der Waals surface area (Å²) in [6.45, 7) is 6.35. The van der Waals surface area contributed by atoms with E-state index in [2.05, 4.69) is 5.32 Å². The highest BCUT2D eigenvalue weighted by molar-refractivity contribution is 5.82. The largest absolute Gasteiger partial charge is 0.481 e. The lowest BCUT2D eigenvalue weighted by molar-refractivity contribution is -0.139. The zero-order valence-electron chi connectivity index (χ0n) is 10.7. The number of carbonyl (C=O) groups is 2. The fraction of sp³-hybridized carbons (Fsp3) is 0.833. The predicted octanol–water partition coefficient (Wildman–Crippen LogP) is 1.17. The molecule has 0 aliphatic carbocycles. The SMILES string of the molecule is CC(C)(C)C(CC(=O)O)NC(=O)C1CCCO1. The Bertz CT molecular complexity index is 289. The Hall–Kier alpha value is -1.10. The minimum absolute atomic E-state index is 0.0675. The van der Waals surface area contributed by atoms with Gasteiger partial charge >= 0.3 is 5.97 Å². The van der Waals surface area contributed by atoms with E-state index in [1.807, 2.05) is 20.8 Å². The fourth-order valence-corrected chi connectivity index (χ4v) is 1.80. The van der Waals surface area contributed by atoms with Crippen LogP contribution in [0.4, 0.5) is 0 Å². The molecule has 5 nitrogen and oxygen atoms in total. The molecule has 0 aromatic rings. The topological polar surface area (TPSA) is 75.6 Å². The molecule has 2 unspecified atom stereocenters. The van der Waals surface area contributed by atoms with Gasteiger partial charge in [0.25, 0.3) is 0 Å². The van der Waals surface area contributed by atoms with Gasteiger partial charge in [-0.2, -0.15) is 0 Å². The third-order valence-electron chi connectivity index (χ3n) is 2.96. The average Bonchev–Trinajstić information content (AvgIpc) is 2.66. The molecule has 0 saturated carbocycles. The minimum atomic E-state index is -0.905. The van der Waals surface area contributed by atoms with E-state index < -0.39 is 12.1 Å². The summed E-state index contributed by atoms with van der Waals surface area (Å²) in [6.07, 6.45) is 1.13. The quantitative estimate of drug-likeness (QED) is 0.777. The van der Waals surface area contributed by atoms with Crippen molar-refractivity contribution in [1.82, 2.24) is 5.32 Å². The Morgan fingerprint density at radius 1 is 1.47 bits per heavy atom. The van der Waals surface area contributed by atoms with Gasteiger partial charge in [-0.25, -0.2) is 0 Å². The molecule has 1 aliphatic heterocycles. The Morgan fingerprint density at radius 3 is 2.53 bits per heavy atom. The van der Waals surface area contributed by atoms with Crippen LogP contribution in [0.15, 0.2) is 0 Å². The van der Waals surface area contributed by atoms with Gasteiger partial charge in [-0.15, -0.1) is 0 Å². The molecule has 0 bridgehead atoms. The number of amides is 1. The molecule has 0 spiro atoms. The molecular formula is C12H21NO4. The molecule has 2 N–H and O–H groups in total. The van der Waals surface area contributed by atoms with Crippen LogP contribution in [0.5, 0.6) is 0 Å². The molecule has 2 atom stereocenters. The van der Waals surface area contributed by atoms with Crippen molar-refractivity contribution in [3.05, 3.63) is 0 Å². The van der Waals surface area contributed by atoms with Gasteiger partial charge in [0.1, 0.15) is 6.10 Å². The average molecular weight is 243 g/mol. The first kappa shape index (κ1) is 14.0. The number of hydrogen-bond acceptors (Lipinski definition) is 3. The van der Waals surface area contributed by atoms with Crippen molar-refractivity contribution in [2.75, 3.05) is 6.61 Å². The van der Waals surface area contributed by atoms with E-state index in [1.54, 1.807) is 0 Å². The lowest BCUT2D eigenvalue weighted by atomic mass is 9.84. The molecule has 1 saturated heterocycles. The Morgan fingerprint density at radius 2 is 2.12 bits per heavy atom. The van der Waals surface area contributed by atoms with Crippen molar-refractivity contribution in [3.8, 4) is 0 Å². The lowest BCUT2D eigenvalue weighted by Crippen LogP contribution is -2.48. The predicted molar refractivity (Wildman–Crippen MR) is 62.6 cm³/mol. The fourth-order valence-electron chi connectivity index (χ4n) is 1.80. The van der Waals surface area contributed by atoms with Gasteiger partial charge < -0.3 is 15.2 Å². The molecule has 1 fully saturated rings. The Balaban J connectivity index is 2.59. The summed E-state index contributed by atoms with van der Waals surface area (Å²) in [5.41, 5.74) is -0.285. The summed E-state index contributed by atoms with van der Waals surface area (Å²) in [7, 11) is 0. The van der Waals surface area contributed by atoms with E-state index in [0.29, 0.717) is 6.61 Å². The van der Waals surface area contributed by atoms with Gasteiger partial charge in [0.05, 0.1) is 6.42 Å². The van der Waals surface area contributed by atoms with E-state index in [0.717, 1.165) is 12.8 Å². The highest BCUT2D eigenvalue weighted by atomic mass is 16.5. The first-order valence-corrected chi connectivity index (χ1v) is 5.94. The molecule has 17 heavy (non-hydrogen) atoms. The molecule has 1 amide bonds. The molecule has 1 aliphatic rings. The van der Waals surface area contributed by atoms with Gasteiger partial charge in [-0.1, -0.05) is 20.8 Å². The van der Waals surface area contributed by atoms with Gasteiger partial charge in [0.15, 0.2) is 0 Å². The molecule has 0 aromatic heterocycles. The van der Waals surface area contributed by atoms with Crippen LogP contribution in [0.3, 0.4) is 0 Å². The maximum atomic E-state index is 11.9. The summed E-state index contributed by atoms with van der Waals surface area (Å²) < 4.78 is 5.27. The van der Waals surface area contributed by atoms with Crippen molar-refractivity contribution in [2.24, 2.45) is 5.41 Å². The van der Waals surface area contributed by atoms with Crippen molar-refractivity contribution >= 4 is 11.9 Å². The zero-order valence-corrected chi connectivity index (χ0v) is 10.7. The van der Waals surface area contributed by atoms with Crippen molar-refractivity contribution in [3.63, 3.8) is 0 Å². The third-order valence-corrected chi connectivity index (χ3v) is 2.96. The normalized spacial score (nSPS) is 22.2. The maximum Gasteiger partial charge on any atom is 0.305 e. The van der Waals surface area contributed by atoms with Crippen LogP contribution < -0.4 is 5.32 Å². The van der Waals surface area contributed by atoms with Crippen LogP contribution in [-0.2, 0) is 14.3 Å². The van der Waals surface area contributed by atoms with Gasteiger partial charge in [0.2, 0.25) is 5.91 Å². The molecule has 0 radical (unpaired) electrons. The van der Waals surface area contributed by atoms with Crippen LogP contribution >= 0.6 is 0 Å². The Labute approximate surface area is 102 Å². The number of carboxylic acids is 1. The van der Waals surface area contributed by atoms with E-state index in [1.165, 1.54) is 0 Å². The second-order valence-corrected chi connectivity index (χ2v) is 5.53. The summed E-state index contributed by atoms with van der Waals surface area (Å²) in [5, 5.41) is 11.6. The highest BCUT2D eigenvalue weighted by Gasteiger charge is 2.32. The van der Waals surface area contributed by atoms with Gasteiger partial charge in [0, 0.05) is 12.6 Å². The third kappa shape index (κ3) is 4.34. The van der Waals surface area contributed by atoms with Gasteiger partial charge in [-0.05, 0) is 18.3 Å². The summed E-state index contributed by atoms with van der Waals surface area (Å²) >= 11 is 0. The monoisotopic (exact) mass is 243 g/mol. The smallest absolute Gasteiger partial charge is 0.305 e. The molecule has 5 heteroatoms. The number of hydrogen-bond donors (Lipinski definition) is 2. The number of aliphatic carboxylic acids is 1. The maximum absolute atomic E-state index is 11.9. The zero-order chi connectivity index (χ0) is 13.1.